The number of carbonyl (C=O) groups is 1. The molecule has 150 valence electrons. The molecule has 2 aromatic heterocycles. The molecule has 0 radical (unpaired) electrons. The molecule has 0 aliphatic rings. The van der Waals surface area contributed by atoms with E-state index in [4.69, 9.17) is 15.5 Å². The monoisotopic (exact) mass is 401 g/mol. The average molecular weight is 401 g/mol. The molecule has 4 rings (SSSR count). The van der Waals surface area contributed by atoms with Gasteiger partial charge in [-0.3, -0.25) is 0 Å². The predicted molar refractivity (Wildman–Crippen MR) is 112 cm³/mol. The van der Waals surface area contributed by atoms with Crippen LogP contribution in [0.25, 0.3) is 28.1 Å². The zero-order valence-corrected chi connectivity index (χ0v) is 16.2. The van der Waals surface area contributed by atoms with E-state index < -0.39 is 5.97 Å². The summed E-state index contributed by atoms with van der Waals surface area (Å²) >= 11 is 0. The molecule has 0 saturated carbocycles. The lowest BCUT2D eigenvalue weighted by atomic mass is 10.2. The number of carbonyl (C=O) groups excluding carboxylic acids is 1. The molecule has 2 heterocycles. The van der Waals surface area contributed by atoms with Gasteiger partial charge in [0.2, 0.25) is 0 Å². The SMILES string of the molecule is COC(=O)c1c(N)c(C#N)cn1-c1ccc2c(c1)nc(-c1ccccc1)n2CCO. The van der Waals surface area contributed by atoms with Crippen molar-refractivity contribution in [3.05, 3.63) is 66.0 Å². The number of aromatic nitrogens is 3. The molecule has 30 heavy (non-hydrogen) atoms. The Morgan fingerprint density at radius 3 is 2.70 bits per heavy atom. The molecule has 0 atom stereocenters. The van der Waals surface area contributed by atoms with E-state index in [1.54, 1.807) is 6.07 Å². The van der Waals surface area contributed by atoms with Gasteiger partial charge in [0.15, 0.2) is 5.69 Å². The first-order chi connectivity index (χ1) is 14.6. The van der Waals surface area contributed by atoms with Gasteiger partial charge in [0.1, 0.15) is 11.9 Å². The number of esters is 1. The highest BCUT2D eigenvalue weighted by Crippen LogP contribution is 2.29. The van der Waals surface area contributed by atoms with Crippen molar-refractivity contribution in [1.82, 2.24) is 14.1 Å². The number of nitriles is 1. The second-order valence-corrected chi connectivity index (χ2v) is 6.63. The Bertz CT molecular complexity index is 1280. The van der Waals surface area contributed by atoms with Gasteiger partial charge in [-0.2, -0.15) is 5.26 Å². The molecule has 0 fully saturated rings. The second-order valence-electron chi connectivity index (χ2n) is 6.63. The number of ether oxygens (including phenoxy) is 1. The van der Waals surface area contributed by atoms with Crippen LogP contribution >= 0.6 is 0 Å². The van der Waals surface area contributed by atoms with Crippen LogP contribution in [0.3, 0.4) is 0 Å². The van der Waals surface area contributed by atoms with E-state index in [1.165, 1.54) is 17.9 Å². The normalized spacial score (nSPS) is 10.8. The van der Waals surface area contributed by atoms with Crippen LogP contribution in [-0.4, -0.2) is 38.9 Å². The minimum absolute atomic E-state index is 0.0286. The van der Waals surface area contributed by atoms with Crippen LogP contribution in [0.1, 0.15) is 16.1 Å². The predicted octanol–water partition coefficient (Wildman–Crippen LogP) is 2.73. The molecular formula is C22H19N5O3. The highest BCUT2D eigenvalue weighted by molar-refractivity contribution is 5.96. The van der Waals surface area contributed by atoms with Gasteiger partial charge >= 0.3 is 5.97 Å². The molecule has 0 saturated heterocycles. The van der Waals surface area contributed by atoms with Crippen molar-refractivity contribution in [1.29, 1.82) is 5.26 Å². The van der Waals surface area contributed by atoms with E-state index in [0.717, 1.165) is 16.9 Å². The van der Waals surface area contributed by atoms with Crippen LogP contribution in [0, 0.1) is 11.3 Å². The van der Waals surface area contributed by atoms with Gasteiger partial charge in [-0.15, -0.1) is 0 Å². The Kier molecular flexibility index (Phi) is 4.96. The third kappa shape index (κ3) is 3.07. The maximum absolute atomic E-state index is 12.3. The van der Waals surface area contributed by atoms with Gasteiger partial charge in [-0.05, 0) is 18.2 Å². The highest BCUT2D eigenvalue weighted by atomic mass is 16.5. The van der Waals surface area contributed by atoms with Crippen molar-refractivity contribution >= 4 is 22.7 Å². The summed E-state index contributed by atoms with van der Waals surface area (Å²) in [6.07, 6.45) is 1.51. The summed E-state index contributed by atoms with van der Waals surface area (Å²) in [6.45, 7) is 0.363. The number of aliphatic hydroxyl groups is 1. The van der Waals surface area contributed by atoms with Crippen molar-refractivity contribution in [3.8, 4) is 23.1 Å². The van der Waals surface area contributed by atoms with Crippen LogP contribution in [0.5, 0.6) is 0 Å². The quantitative estimate of drug-likeness (QED) is 0.496. The summed E-state index contributed by atoms with van der Waals surface area (Å²) in [5, 5.41) is 18.9. The number of rotatable bonds is 5. The molecule has 0 aliphatic heterocycles. The third-order valence-electron chi connectivity index (χ3n) is 4.91. The number of methoxy groups -OCH3 is 1. The largest absolute Gasteiger partial charge is 0.464 e. The topological polar surface area (TPSA) is 119 Å². The van der Waals surface area contributed by atoms with Crippen molar-refractivity contribution < 1.29 is 14.6 Å². The Labute approximate surface area is 172 Å². The maximum Gasteiger partial charge on any atom is 0.357 e. The minimum atomic E-state index is -0.634. The Balaban J connectivity index is 1.92. The van der Waals surface area contributed by atoms with E-state index in [1.807, 2.05) is 53.1 Å². The Hall–Kier alpha value is -4.09. The van der Waals surface area contributed by atoms with Crippen LogP contribution in [0.2, 0.25) is 0 Å². The van der Waals surface area contributed by atoms with Gasteiger partial charge < -0.3 is 24.7 Å². The second kappa shape index (κ2) is 7.73. The summed E-state index contributed by atoms with van der Waals surface area (Å²) in [6, 6.07) is 17.2. The number of imidazole rings is 1. The van der Waals surface area contributed by atoms with E-state index in [-0.39, 0.29) is 23.6 Å². The summed E-state index contributed by atoms with van der Waals surface area (Å²) in [4.78, 5) is 17.0. The molecule has 2 aromatic carbocycles. The van der Waals surface area contributed by atoms with Gasteiger partial charge in [-0.1, -0.05) is 30.3 Å². The highest BCUT2D eigenvalue weighted by Gasteiger charge is 2.22. The standard InChI is InChI=1S/C22H19N5O3/c1-30-22(29)20-19(24)15(12-23)13-27(20)16-7-8-18-17(11-16)25-21(26(18)9-10-28)14-5-3-2-4-6-14/h2-8,11,13,28H,9-10,24H2,1H3. The first-order valence-corrected chi connectivity index (χ1v) is 9.25. The molecule has 3 N–H and O–H groups in total. The smallest absolute Gasteiger partial charge is 0.357 e. The molecule has 0 unspecified atom stereocenters. The van der Waals surface area contributed by atoms with Gasteiger partial charge in [0.25, 0.3) is 0 Å². The lowest BCUT2D eigenvalue weighted by molar-refractivity contribution is 0.0593. The van der Waals surface area contributed by atoms with Crippen LogP contribution < -0.4 is 5.73 Å². The minimum Gasteiger partial charge on any atom is -0.464 e. The Morgan fingerprint density at radius 1 is 1.27 bits per heavy atom. The number of hydrogen-bond donors (Lipinski definition) is 2. The van der Waals surface area contributed by atoms with Crippen LogP contribution in [0.15, 0.2) is 54.7 Å². The summed E-state index contributed by atoms with van der Waals surface area (Å²) in [5.74, 6) is 0.0969. The van der Waals surface area contributed by atoms with Crippen LogP contribution in [-0.2, 0) is 11.3 Å². The number of benzene rings is 2. The van der Waals surface area contributed by atoms with Crippen molar-refractivity contribution in [2.45, 2.75) is 6.54 Å². The van der Waals surface area contributed by atoms with Crippen molar-refractivity contribution in [3.63, 3.8) is 0 Å². The number of nitrogen functional groups attached to an aromatic ring is 1. The molecule has 0 spiro atoms. The number of hydrogen-bond acceptors (Lipinski definition) is 6. The number of anilines is 1. The van der Waals surface area contributed by atoms with Gasteiger partial charge in [0.05, 0.1) is 36.0 Å². The maximum atomic E-state index is 12.3. The summed E-state index contributed by atoms with van der Waals surface area (Å²) in [7, 11) is 1.26. The lowest BCUT2D eigenvalue weighted by Crippen LogP contribution is -2.11. The molecule has 0 amide bonds. The van der Waals surface area contributed by atoms with Crippen molar-refractivity contribution in [2.24, 2.45) is 0 Å². The fourth-order valence-electron chi connectivity index (χ4n) is 3.52. The number of aliphatic hydroxyl groups excluding tert-OH is 1. The fraction of sp³-hybridized carbons (Fsp3) is 0.136. The average Bonchev–Trinajstić information content (AvgIpc) is 3.31. The van der Waals surface area contributed by atoms with E-state index in [0.29, 0.717) is 17.7 Å². The molecule has 0 aliphatic carbocycles. The van der Waals surface area contributed by atoms with E-state index in [9.17, 15) is 15.2 Å². The Morgan fingerprint density at radius 2 is 2.03 bits per heavy atom. The lowest BCUT2D eigenvalue weighted by Gasteiger charge is -2.09. The molecule has 4 aromatic rings. The van der Waals surface area contributed by atoms with Crippen molar-refractivity contribution in [2.75, 3.05) is 19.5 Å². The molecule has 8 nitrogen and oxygen atoms in total. The van der Waals surface area contributed by atoms with E-state index in [2.05, 4.69) is 0 Å². The fourth-order valence-corrected chi connectivity index (χ4v) is 3.52. The first-order valence-electron chi connectivity index (χ1n) is 9.25. The number of nitrogens with zero attached hydrogens (tertiary/aromatic N) is 4. The van der Waals surface area contributed by atoms with Crippen LogP contribution in [0.4, 0.5) is 5.69 Å². The summed E-state index contributed by atoms with van der Waals surface area (Å²) in [5.41, 5.74) is 9.40. The summed E-state index contributed by atoms with van der Waals surface area (Å²) < 4.78 is 8.32. The van der Waals surface area contributed by atoms with Gasteiger partial charge in [-0.25, -0.2) is 9.78 Å². The third-order valence-corrected chi connectivity index (χ3v) is 4.91. The number of fused-ring (bicyclic) bond motifs is 1. The number of nitrogens with two attached hydrogens (primary N) is 1. The van der Waals surface area contributed by atoms with E-state index >= 15 is 0 Å². The zero-order chi connectivity index (χ0) is 21.3. The molecule has 8 heteroatoms. The molecule has 0 bridgehead atoms. The van der Waals surface area contributed by atoms with Gasteiger partial charge in [0, 0.05) is 24.0 Å². The zero-order valence-electron chi connectivity index (χ0n) is 16.2. The molecular weight excluding hydrogens is 382 g/mol. The first kappa shape index (κ1) is 19.2.